The summed E-state index contributed by atoms with van der Waals surface area (Å²) in [6, 6.07) is 2.40. The van der Waals surface area contributed by atoms with Crippen LogP contribution in [-0.2, 0) is 20.8 Å². The second-order valence-electron chi connectivity index (χ2n) is 8.22. The number of carbonyl (C=O) groups is 2. The molecule has 0 unspecified atom stereocenters. The summed E-state index contributed by atoms with van der Waals surface area (Å²) in [4.78, 5) is 29.3. The van der Waals surface area contributed by atoms with E-state index in [0.29, 0.717) is 29.6 Å². The monoisotopic (exact) mass is 414 g/mol. The highest BCUT2D eigenvalue weighted by molar-refractivity contribution is 6.10. The smallest absolute Gasteiger partial charge is 0.356 e. The molecule has 1 amide bonds. The number of hydrogen-bond acceptors (Lipinski definition) is 6. The summed E-state index contributed by atoms with van der Waals surface area (Å²) < 4.78 is 12.7. The van der Waals surface area contributed by atoms with Crippen molar-refractivity contribution in [3.05, 3.63) is 18.0 Å². The Hall–Kier alpha value is -2.61. The van der Waals surface area contributed by atoms with Gasteiger partial charge in [-0.15, -0.1) is 0 Å². The first-order chi connectivity index (χ1) is 14.6. The Labute approximate surface area is 176 Å². The fraction of sp³-hybridized carbons (Fsp3) is 0.591. The molecular weight excluding hydrogens is 384 g/mol. The molecule has 1 saturated carbocycles. The van der Waals surface area contributed by atoms with Crippen LogP contribution in [0.4, 0.5) is 11.4 Å². The van der Waals surface area contributed by atoms with E-state index in [1.807, 2.05) is 16.8 Å². The Morgan fingerprint density at radius 3 is 2.70 bits per heavy atom. The number of nitrogens with one attached hydrogen (secondary N) is 2. The minimum atomic E-state index is -0.503. The van der Waals surface area contributed by atoms with Crippen LogP contribution in [0.15, 0.2) is 12.3 Å². The van der Waals surface area contributed by atoms with Gasteiger partial charge in [0.05, 0.1) is 37.3 Å². The van der Waals surface area contributed by atoms with E-state index < -0.39 is 5.97 Å². The van der Waals surface area contributed by atoms with Gasteiger partial charge in [0, 0.05) is 25.0 Å². The van der Waals surface area contributed by atoms with Crippen LogP contribution in [-0.4, -0.2) is 47.3 Å². The highest BCUT2D eigenvalue weighted by Crippen LogP contribution is 2.34. The number of aromatic nitrogens is 2. The molecule has 3 heterocycles. The summed E-state index contributed by atoms with van der Waals surface area (Å²) in [6.07, 6.45) is 9.78. The number of carbonyl (C=O) groups excluding carboxylic acids is 2. The third kappa shape index (κ3) is 4.28. The zero-order valence-corrected chi connectivity index (χ0v) is 17.7. The summed E-state index contributed by atoms with van der Waals surface area (Å²) in [6.45, 7) is 2.64. The average Bonchev–Trinajstić information content (AvgIpc) is 3.35. The number of methoxy groups -OCH3 is 1. The first-order valence-electron chi connectivity index (χ1n) is 10.8. The maximum absolute atomic E-state index is 12.7. The van der Waals surface area contributed by atoms with Crippen LogP contribution in [0.5, 0.6) is 0 Å². The number of ether oxygens (including phenoxy) is 2. The Kier molecular flexibility index (Phi) is 6.22. The van der Waals surface area contributed by atoms with E-state index in [4.69, 9.17) is 9.47 Å². The summed E-state index contributed by atoms with van der Waals surface area (Å²) in [5.41, 5.74) is 2.29. The third-order valence-electron chi connectivity index (χ3n) is 5.96. The maximum atomic E-state index is 12.7. The second-order valence-corrected chi connectivity index (χ2v) is 8.22. The Morgan fingerprint density at radius 2 is 2.03 bits per heavy atom. The molecule has 162 valence electrons. The van der Waals surface area contributed by atoms with Gasteiger partial charge in [-0.05, 0) is 31.7 Å². The molecule has 0 radical (unpaired) electrons. The summed E-state index contributed by atoms with van der Waals surface area (Å²) in [5.74, 6) is -0.751. The first kappa shape index (κ1) is 20.7. The second kappa shape index (κ2) is 9.04. The van der Waals surface area contributed by atoms with Gasteiger partial charge < -0.3 is 24.7 Å². The third-order valence-corrected chi connectivity index (χ3v) is 5.96. The van der Waals surface area contributed by atoms with Crippen LogP contribution in [0.1, 0.15) is 62.4 Å². The molecule has 1 aliphatic heterocycles. The van der Waals surface area contributed by atoms with Gasteiger partial charge in [-0.2, -0.15) is 0 Å². The minimum Gasteiger partial charge on any atom is -0.464 e. The van der Waals surface area contributed by atoms with Gasteiger partial charge in [0.25, 0.3) is 0 Å². The molecule has 0 aromatic carbocycles. The molecule has 2 aromatic rings. The predicted molar refractivity (Wildman–Crippen MR) is 115 cm³/mol. The van der Waals surface area contributed by atoms with Gasteiger partial charge in [0.15, 0.2) is 5.69 Å². The van der Waals surface area contributed by atoms with E-state index in [1.165, 1.54) is 33.3 Å². The molecule has 2 N–H and O–H groups in total. The SMILES string of the molecule is COC(=O)c1c(NC(C)=O)c2cc(NC3CCCCC3)cnc2n1C[C@@H]1CCCO1. The number of pyridine rings is 1. The molecule has 0 bridgehead atoms. The Balaban J connectivity index is 1.78. The van der Waals surface area contributed by atoms with Crippen LogP contribution in [0.3, 0.4) is 0 Å². The molecule has 4 rings (SSSR count). The van der Waals surface area contributed by atoms with Crippen molar-refractivity contribution in [2.45, 2.75) is 70.6 Å². The van der Waals surface area contributed by atoms with Crippen LogP contribution in [0.2, 0.25) is 0 Å². The van der Waals surface area contributed by atoms with E-state index >= 15 is 0 Å². The van der Waals surface area contributed by atoms with E-state index in [2.05, 4.69) is 15.6 Å². The fourth-order valence-electron chi connectivity index (χ4n) is 4.57. The van der Waals surface area contributed by atoms with Crippen molar-refractivity contribution in [1.29, 1.82) is 0 Å². The largest absolute Gasteiger partial charge is 0.464 e. The molecule has 8 heteroatoms. The molecule has 1 aliphatic carbocycles. The van der Waals surface area contributed by atoms with Crippen LogP contribution < -0.4 is 10.6 Å². The van der Waals surface area contributed by atoms with Gasteiger partial charge in [0.1, 0.15) is 5.65 Å². The average molecular weight is 415 g/mol. The molecule has 2 aromatic heterocycles. The molecule has 8 nitrogen and oxygen atoms in total. The van der Waals surface area contributed by atoms with Crippen LogP contribution in [0, 0.1) is 0 Å². The van der Waals surface area contributed by atoms with Crippen molar-refractivity contribution in [3.8, 4) is 0 Å². The molecule has 1 saturated heterocycles. The Morgan fingerprint density at radius 1 is 1.23 bits per heavy atom. The highest BCUT2D eigenvalue weighted by Gasteiger charge is 2.28. The normalized spacial score (nSPS) is 19.7. The van der Waals surface area contributed by atoms with E-state index in [-0.39, 0.29) is 12.0 Å². The van der Waals surface area contributed by atoms with Gasteiger partial charge in [-0.3, -0.25) is 4.79 Å². The lowest BCUT2D eigenvalue weighted by Gasteiger charge is -2.23. The molecule has 1 atom stereocenters. The van der Waals surface area contributed by atoms with E-state index in [9.17, 15) is 9.59 Å². The van der Waals surface area contributed by atoms with E-state index in [0.717, 1.165) is 43.4 Å². The van der Waals surface area contributed by atoms with Crippen molar-refractivity contribution in [1.82, 2.24) is 9.55 Å². The van der Waals surface area contributed by atoms with Gasteiger partial charge >= 0.3 is 5.97 Å². The van der Waals surface area contributed by atoms with Crippen molar-refractivity contribution in [2.75, 3.05) is 24.4 Å². The zero-order valence-electron chi connectivity index (χ0n) is 17.7. The van der Waals surface area contributed by atoms with Gasteiger partial charge in [0.2, 0.25) is 5.91 Å². The number of anilines is 2. The van der Waals surface area contributed by atoms with Crippen molar-refractivity contribution in [3.63, 3.8) is 0 Å². The molecular formula is C22H30N4O4. The summed E-state index contributed by atoms with van der Waals surface area (Å²) in [5, 5.41) is 7.14. The lowest BCUT2D eigenvalue weighted by atomic mass is 9.95. The van der Waals surface area contributed by atoms with Crippen molar-refractivity contribution < 1.29 is 19.1 Å². The van der Waals surface area contributed by atoms with Crippen molar-refractivity contribution in [2.24, 2.45) is 0 Å². The molecule has 30 heavy (non-hydrogen) atoms. The highest BCUT2D eigenvalue weighted by atomic mass is 16.5. The standard InChI is InChI=1S/C22H30N4O4/c1-14(27)24-19-18-11-16(25-15-7-4-3-5-8-15)12-23-21(18)26(20(19)22(28)29-2)13-17-9-6-10-30-17/h11-12,15,17,25H,3-10,13H2,1-2H3,(H,24,27)/t17-/m0/s1. The fourth-order valence-corrected chi connectivity index (χ4v) is 4.57. The molecule has 2 fully saturated rings. The quantitative estimate of drug-likeness (QED) is 0.700. The predicted octanol–water partition coefficient (Wildman–Crippen LogP) is 3.70. The number of rotatable bonds is 6. The lowest BCUT2D eigenvalue weighted by Crippen LogP contribution is -2.22. The van der Waals surface area contributed by atoms with Gasteiger partial charge in [-0.1, -0.05) is 19.3 Å². The van der Waals surface area contributed by atoms with Crippen LogP contribution in [0.25, 0.3) is 11.0 Å². The zero-order chi connectivity index (χ0) is 21.1. The van der Waals surface area contributed by atoms with Crippen molar-refractivity contribution >= 4 is 34.3 Å². The summed E-state index contributed by atoms with van der Waals surface area (Å²) >= 11 is 0. The number of hydrogen-bond donors (Lipinski definition) is 2. The first-order valence-corrected chi connectivity index (χ1v) is 10.8. The van der Waals surface area contributed by atoms with Gasteiger partial charge in [-0.25, -0.2) is 9.78 Å². The number of amides is 1. The minimum absolute atomic E-state index is 0.0102. The number of nitrogens with zero attached hydrogens (tertiary/aromatic N) is 2. The lowest BCUT2D eigenvalue weighted by molar-refractivity contribution is -0.114. The van der Waals surface area contributed by atoms with Crippen LogP contribution >= 0.6 is 0 Å². The summed E-state index contributed by atoms with van der Waals surface area (Å²) in [7, 11) is 1.34. The topological polar surface area (TPSA) is 94.5 Å². The molecule has 0 spiro atoms. The maximum Gasteiger partial charge on any atom is 0.356 e. The Bertz CT molecular complexity index is 927. The number of esters is 1. The molecule has 2 aliphatic rings. The number of fused-ring (bicyclic) bond motifs is 1. The van der Waals surface area contributed by atoms with E-state index in [1.54, 1.807) is 0 Å².